The van der Waals surface area contributed by atoms with Crippen LogP contribution in [0.5, 0.6) is 0 Å². The standard InChI is InChI=1S/C18H22F3NO3/c1-25-17(24)16(13-7-3-2-4-8-13)22-15(23)11-12-6-5-9-14(10-12)18(19,20)21/h5-6,9-10,13,16H,2-4,7-8,11H2,1H3,(H,22,23)/t16-/m0/s1. The Morgan fingerprint density at radius 3 is 2.52 bits per heavy atom. The average Bonchev–Trinajstić information content (AvgIpc) is 2.59. The Balaban J connectivity index is 2.04. The summed E-state index contributed by atoms with van der Waals surface area (Å²) in [4.78, 5) is 24.2. The Kier molecular flexibility index (Phi) is 6.45. The van der Waals surface area contributed by atoms with Gasteiger partial charge in [0.05, 0.1) is 19.1 Å². The van der Waals surface area contributed by atoms with Crippen LogP contribution in [0.3, 0.4) is 0 Å². The van der Waals surface area contributed by atoms with Crippen LogP contribution < -0.4 is 5.32 Å². The Morgan fingerprint density at radius 2 is 1.92 bits per heavy atom. The number of rotatable bonds is 5. The summed E-state index contributed by atoms with van der Waals surface area (Å²) in [7, 11) is 1.26. The largest absolute Gasteiger partial charge is 0.467 e. The number of alkyl halides is 3. The molecule has 0 unspecified atom stereocenters. The third-order valence-electron chi connectivity index (χ3n) is 4.51. The third-order valence-corrected chi connectivity index (χ3v) is 4.51. The summed E-state index contributed by atoms with van der Waals surface area (Å²) in [5.41, 5.74) is -0.547. The molecular formula is C18H22F3NO3. The van der Waals surface area contributed by atoms with Crippen LogP contribution in [0.15, 0.2) is 24.3 Å². The van der Waals surface area contributed by atoms with E-state index in [4.69, 9.17) is 4.74 Å². The van der Waals surface area contributed by atoms with Crippen LogP contribution in [0.2, 0.25) is 0 Å². The van der Waals surface area contributed by atoms with E-state index in [2.05, 4.69) is 5.32 Å². The van der Waals surface area contributed by atoms with E-state index in [-0.39, 0.29) is 17.9 Å². The highest BCUT2D eigenvalue weighted by atomic mass is 19.4. The van der Waals surface area contributed by atoms with Crippen LogP contribution in [-0.2, 0) is 26.9 Å². The predicted molar refractivity (Wildman–Crippen MR) is 85.7 cm³/mol. The number of ether oxygens (including phenoxy) is 1. The molecule has 7 heteroatoms. The Labute approximate surface area is 144 Å². The zero-order valence-electron chi connectivity index (χ0n) is 14.1. The molecule has 0 aromatic heterocycles. The molecule has 1 amide bonds. The molecule has 1 fully saturated rings. The fourth-order valence-corrected chi connectivity index (χ4v) is 3.23. The molecule has 0 radical (unpaired) electrons. The first-order chi connectivity index (χ1) is 11.8. The first-order valence-corrected chi connectivity index (χ1v) is 8.34. The number of hydrogen-bond acceptors (Lipinski definition) is 3. The van der Waals surface area contributed by atoms with Gasteiger partial charge in [-0.3, -0.25) is 4.79 Å². The number of methoxy groups -OCH3 is 1. The molecule has 1 aliphatic carbocycles. The molecule has 1 N–H and O–H groups in total. The highest BCUT2D eigenvalue weighted by Gasteiger charge is 2.32. The number of nitrogens with one attached hydrogen (secondary N) is 1. The molecule has 1 aromatic rings. The van der Waals surface area contributed by atoms with Gasteiger partial charge in [-0.25, -0.2) is 4.79 Å². The minimum atomic E-state index is -4.46. The van der Waals surface area contributed by atoms with Gasteiger partial charge in [0.25, 0.3) is 0 Å². The van der Waals surface area contributed by atoms with E-state index in [0.29, 0.717) is 0 Å². The van der Waals surface area contributed by atoms with Crippen molar-refractivity contribution in [2.45, 2.75) is 50.7 Å². The topological polar surface area (TPSA) is 55.4 Å². The molecule has 0 spiro atoms. The number of hydrogen-bond donors (Lipinski definition) is 1. The van der Waals surface area contributed by atoms with Gasteiger partial charge in [0.15, 0.2) is 0 Å². The van der Waals surface area contributed by atoms with Crippen molar-refractivity contribution >= 4 is 11.9 Å². The zero-order valence-corrected chi connectivity index (χ0v) is 14.1. The number of amides is 1. The van der Waals surface area contributed by atoms with Gasteiger partial charge in [-0.1, -0.05) is 37.5 Å². The van der Waals surface area contributed by atoms with Crippen LogP contribution in [0, 0.1) is 5.92 Å². The van der Waals surface area contributed by atoms with Crippen molar-refractivity contribution in [3.05, 3.63) is 35.4 Å². The van der Waals surface area contributed by atoms with E-state index in [1.54, 1.807) is 0 Å². The van der Waals surface area contributed by atoms with Crippen LogP contribution in [-0.4, -0.2) is 25.0 Å². The van der Waals surface area contributed by atoms with Crippen molar-refractivity contribution in [2.24, 2.45) is 5.92 Å². The molecule has 0 bridgehead atoms. The molecule has 1 saturated carbocycles. The second kappa shape index (κ2) is 8.36. The molecule has 2 rings (SSSR count). The second-order valence-electron chi connectivity index (χ2n) is 6.34. The highest BCUT2D eigenvalue weighted by Crippen LogP contribution is 2.30. The lowest BCUT2D eigenvalue weighted by Crippen LogP contribution is -2.47. The number of halogens is 3. The SMILES string of the molecule is COC(=O)[C@@H](NC(=O)Cc1cccc(C(F)(F)F)c1)C1CCCCC1. The fraction of sp³-hybridized carbons (Fsp3) is 0.556. The first-order valence-electron chi connectivity index (χ1n) is 8.34. The quantitative estimate of drug-likeness (QED) is 0.821. The van der Waals surface area contributed by atoms with Crippen molar-refractivity contribution in [1.82, 2.24) is 5.32 Å². The van der Waals surface area contributed by atoms with Crippen molar-refractivity contribution in [3.63, 3.8) is 0 Å². The summed E-state index contributed by atoms with van der Waals surface area (Å²) in [5, 5.41) is 2.65. The Morgan fingerprint density at radius 1 is 1.24 bits per heavy atom. The van der Waals surface area contributed by atoms with Crippen LogP contribution in [0.25, 0.3) is 0 Å². The fourth-order valence-electron chi connectivity index (χ4n) is 3.23. The van der Waals surface area contributed by atoms with Gasteiger partial charge in [0.2, 0.25) is 5.91 Å². The van der Waals surface area contributed by atoms with Gasteiger partial charge in [-0.05, 0) is 30.4 Å². The van der Waals surface area contributed by atoms with E-state index in [1.807, 2.05) is 0 Å². The molecule has 0 aliphatic heterocycles. The molecule has 4 nitrogen and oxygen atoms in total. The molecule has 1 aliphatic rings. The normalized spacial score (nSPS) is 17.0. The summed E-state index contributed by atoms with van der Waals surface area (Å²) < 4.78 is 43.0. The Bertz CT molecular complexity index is 610. The summed E-state index contributed by atoms with van der Waals surface area (Å²) >= 11 is 0. The van der Waals surface area contributed by atoms with Gasteiger partial charge in [0.1, 0.15) is 6.04 Å². The smallest absolute Gasteiger partial charge is 0.416 e. The number of carbonyl (C=O) groups excluding carboxylic acids is 2. The lowest BCUT2D eigenvalue weighted by Gasteiger charge is -2.29. The van der Waals surface area contributed by atoms with E-state index >= 15 is 0 Å². The van der Waals surface area contributed by atoms with Crippen LogP contribution in [0.1, 0.15) is 43.2 Å². The first kappa shape index (κ1) is 19.3. The van der Waals surface area contributed by atoms with E-state index in [1.165, 1.54) is 19.2 Å². The van der Waals surface area contributed by atoms with Gasteiger partial charge < -0.3 is 10.1 Å². The minimum Gasteiger partial charge on any atom is -0.467 e. The maximum Gasteiger partial charge on any atom is 0.416 e. The minimum absolute atomic E-state index is 0.00617. The van der Waals surface area contributed by atoms with E-state index in [0.717, 1.165) is 44.2 Å². The summed E-state index contributed by atoms with van der Waals surface area (Å²) in [6.45, 7) is 0. The predicted octanol–water partition coefficient (Wildman–Crippen LogP) is 3.49. The maximum atomic E-state index is 12.7. The third kappa shape index (κ3) is 5.47. The van der Waals surface area contributed by atoms with Gasteiger partial charge >= 0.3 is 12.1 Å². The number of carbonyl (C=O) groups is 2. The molecule has 1 aromatic carbocycles. The molecule has 25 heavy (non-hydrogen) atoms. The maximum absolute atomic E-state index is 12.7. The van der Waals surface area contributed by atoms with Crippen molar-refractivity contribution in [2.75, 3.05) is 7.11 Å². The molecular weight excluding hydrogens is 335 g/mol. The lowest BCUT2D eigenvalue weighted by molar-refractivity contribution is -0.147. The average molecular weight is 357 g/mol. The van der Waals surface area contributed by atoms with Gasteiger partial charge in [-0.2, -0.15) is 13.2 Å². The summed E-state index contributed by atoms with van der Waals surface area (Å²) in [6.07, 6.45) is 0.0480. The molecule has 0 heterocycles. The van der Waals surface area contributed by atoms with Crippen molar-refractivity contribution < 1.29 is 27.5 Å². The van der Waals surface area contributed by atoms with Crippen molar-refractivity contribution in [1.29, 1.82) is 0 Å². The molecule has 0 saturated heterocycles. The van der Waals surface area contributed by atoms with E-state index < -0.39 is 29.7 Å². The zero-order chi connectivity index (χ0) is 18.4. The van der Waals surface area contributed by atoms with Crippen LogP contribution in [0.4, 0.5) is 13.2 Å². The second-order valence-corrected chi connectivity index (χ2v) is 6.34. The highest BCUT2D eigenvalue weighted by molar-refractivity contribution is 5.85. The molecule has 138 valence electrons. The summed E-state index contributed by atoms with van der Waals surface area (Å²) in [5.74, 6) is -0.990. The van der Waals surface area contributed by atoms with E-state index in [9.17, 15) is 22.8 Å². The van der Waals surface area contributed by atoms with Gasteiger partial charge in [-0.15, -0.1) is 0 Å². The summed E-state index contributed by atoms with van der Waals surface area (Å²) in [6, 6.07) is 3.89. The van der Waals surface area contributed by atoms with Crippen molar-refractivity contribution in [3.8, 4) is 0 Å². The number of benzene rings is 1. The van der Waals surface area contributed by atoms with Crippen LogP contribution >= 0.6 is 0 Å². The lowest BCUT2D eigenvalue weighted by atomic mass is 9.83. The Hall–Kier alpha value is -2.05. The number of esters is 1. The molecule has 1 atom stereocenters. The monoisotopic (exact) mass is 357 g/mol. The van der Waals surface area contributed by atoms with Gasteiger partial charge in [0, 0.05) is 0 Å².